The van der Waals surface area contributed by atoms with Crippen molar-refractivity contribution in [3.05, 3.63) is 36.2 Å². The number of aromatic amines is 1. The van der Waals surface area contributed by atoms with E-state index in [1.54, 1.807) is 6.20 Å². The molecule has 0 saturated carbocycles. The van der Waals surface area contributed by atoms with Crippen molar-refractivity contribution in [1.82, 2.24) is 4.98 Å². The van der Waals surface area contributed by atoms with Crippen LogP contribution in [0.3, 0.4) is 0 Å². The predicted molar refractivity (Wildman–Crippen MR) is 60.5 cm³/mol. The Morgan fingerprint density at radius 3 is 2.21 bits per heavy atom. The number of nitrogens with one attached hydrogen (secondary N) is 1. The molecule has 0 saturated heterocycles. The van der Waals surface area contributed by atoms with Crippen LogP contribution in [0.25, 0.3) is 10.8 Å². The quantitative estimate of drug-likeness (QED) is 0.741. The van der Waals surface area contributed by atoms with E-state index in [0.29, 0.717) is 5.69 Å². The lowest BCUT2D eigenvalue weighted by molar-refractivity contribution is -0.192. The van der Waals surface area contributed by atoms with Gasteiger partial charge in [0.15, 0.2) is 0 Å². The fourth-order valence-corrected chi connectivity index (χ4v) is 1.28. The Morgan fingerprint density at radius 1 is 1.21 bits per heavy atom. The van der Waals surface area contributed by atoms with E-state index in [1.807, 2.05) is 24.3 Å². The summed E-state index contributed by atoms with van der Waals surface area (Å²) >= 11 is 0. The van der Waals surface area contributed by atoms with Gasteiger partial charge in [-0.25, -0.2) is 4.79 Å². The number of amides is 1. The third-order valence-corrected chi connectivity index (χ3v) is 2.09. The fraction of sp³-hybridized carbons (Fsp3) is 0.0909. The van der Waals surface area contributed by atoms with Gasteiger partial charge in [-0.1, -0.05) is 24.3 Å². The third kappa shape index (κ3) is 3.73. The van der Waals surface area contributed by atoms with E-state index in [-0.39, 0.29) is 0 Å². The van der Waals surface area contributed by atoms with E-state index in [1.165, 1.54) is 0 Å². The smallest absolute Gasteiger partial charge is 0.475 e. The normalized spacial score (nSPS) is 10.7. The van der Waals surface area contributed by atoms with Gasteiger partial charge in [0.25, 0.3) is 5.91 Å². The van der Waals surface area contributed by atoms with E-state index in [2.05, 4.69) is 4.98 Å². The summed E-state index contributed by atoms with van der Waals surface area (Å²) < 4.78 is 31.7. The molecular weight excluding hydrogens is 265 g/mol. The molecule has 0 fully saturated rings. The van der Waals surface area contributed by atoms with Gasteiger partial charge >= 0.3 is 12.1 Å². The molecule has 102 valence electrons. The Morgan fingerprint density at radius 2 is 1.74 bits per heavy atom. The van der Waals surface area contributed by atoms with Gasteiger partial charge in [-0.05, 0) is 5.39 Å². The number of benzene rings is 1. The van der Waals surface area contributed by atoms with E-state index in [9.17, 15) is 18.0 Å². The number of H-pyrrole nitrogens is 1. The molecular formula is C11H9F3N2O3. The highest BCUT2D eigenvalue weighted by atomic mass is 19.4. The Labute approximate surface area is 104 Å². The molecule has 0 spiro atoms. The monoisotopic (exact) mass is 274 g/mol. The van der Waals surface area contributed by atoms with Crippen molar-refractivity contribution in [2.75, 3.05) is 0 Å². The molecule has 0 aliphatic rings. The zero-order valence-electron chi connectivity index (χ0n) is 9.36. The van der Waals surface area contributed by atoms with Crippen LogP contribution in [-0.2, 0) is 4.79 Å². The van der Waals surface area contributed by atoms with Gasteiger partial charge in [0.2, 0.25) is 0 Å². The first kappa shape index (κ1) is 14.6. The average Bonchev–Trinajstić information content (AvgIpc) is 2.72. The van der Waals surface area contributed by atoms with Crippen LogP contribution in [0.1, 0.15) is 10.5 Å². The summed E-state index contributed by atoms with van der Waals surface area (Å²) in [6.07, 6.45) is -3.31. The van der Waals surface area contributed by atoms with Crippen molar-refractivity contribution in [3.8, 4) is 0 Å². The van der Waals surface area contributed by atoms with E-state index in [4.69, 9.17) is 15.6 Å². The van der Waals surface area contributed by atoms with Gasteiger partial charge < -0.3 is 15.8 Å². The number of aromatic nitrogens is 1. The lowest BCUT2D eigenvalue weighted by Crippen LogP contribution is -2.21. The lowest BCUT2D eigenvalue weighted by atomic mass is 10.2. The number of alkyl halides is 3. The van der Waals surface area contributed by atoms with Gasteiger partial charge in [-0.3, -0.25) is 4.79 Å². The van der Waals surface area contributed by atoms with Gasteiger partial charge in [-0.15, -0.1) is 0 Å². The number of carboxylic acid groups (broad SMARTS) is 1. The van der Waals surface area contributed by atoms with Crippen molar-refractivity contribution >= 4 is 22.6 Å². The fourth-order valence-electron chi connectivity index (χ4n) is 1.28. The zero-order chi connectivity index (χ0) is 14.6. The number of carbonyl (C=O) groups is 2. The Hall–Kier alpha value is -2.51. The van der Waals surface area contributed by atoms with E-state index < -0.39 is 18.1 Å². The molecule has 0 bridgehead atoms. The molecule has 0 radical (unpaired) electrons. The highest BCUT2D eigenvalue weighted by Crippen LogP contribution is 2.16. The van der Waals surface area contributed by atoms with Gasteiger partial charge in [0.1, 0.15) is 5.69 Å². The Kier molecular flexibility index (Phi) is 4.15. The number of carboxylic acids is 1. The molecule has 1 aromatic heterocycles. The van der Waals surface area contributed by atoms with Crippen molar-refractivity contribution in [2.24, 2.45) is 5.73 Å². The summed E-state index contributed by atoms with van der Waals surface area (Å²) in [5.74, 6) is -3.18. The Balaban J connectivity index is 0.000000224. The van der Waals surface area contributed by atoms with Gasteiger partial charge in [0.05, 0.1) is 0 Å². The first-order valence-electron chi connectivity index (χ1n) is 4.89. The number of fused-ring (bicyclic) bond motifs is 1. The Bertz CT molecular complexity index is 604. The molecule has 0 aliphatic carbocycles. The molecule has 5 nitrogen and oxygen atoms in total. The number of hydrogen-bond donors (Lipinski definition) is 3. The van der Waals surface area contributed by atoms with Crippen LogP contribution < -0.4 is 5.73 Å². The second-order valence-corrected chi connectivity index (χ2v) is 3.42. The van der Waals surface area contributed by atoms with Crippen LogP contribution >= 0.6 is 0 Å². The number of carbonyl (C=O) groups excluding carboxylic acids is 1. The first-order chi connectivity index (χ1) is 8.73. The lowest BCUT2D eigenvalue weighted by Gasteiger charge is -1.93. The highest BCUT2D eigenvalue weighted by molar-refractivity contribution is 6.05. The third-order valence-electron chi connectivity index (χ3n) is 2.09. The van der Waals surface area contributed by atoms with Crippen molar-refractivity contribution < 1.29 is 27.9 Å². The van der Waals surface area contributed by atoms with Gasteiger partial charge in [0, 0.05) is 11.6 Å². The molecule has 0 atom stereocenters. The van der Waals surface area contributed by atoms with Crippen molar-refractivity contribution in [2.45, 2.75) is 6.18 Å². The molecule has 1 amide bonds. The van der Waals surface area contributed by atoms with Crippen LogP contribution in [0.4, 0.5) is 13.2 Å². The number of halogens is 3. The molecule has 1 aromatic carbocycles. The maximum Gasteiger partial charge on any atom is 0.490 e. The number of primary amides is 1. The number of rotatable bonds is 1. The molecule has 8 heteroatoms. The minimum absolute atomic E-state index is 0.420. The first-order valence-corrected chi connectivity index (χ1v) is 4.89. The highest BCUT2D eigenvalue weighted by Gasteiger charge is 2.38. The molecule has 0 aliphatic heterocycles. The van der Waals surface area contributed by atoms with Gasteiger partial charge in [-0.2, -0.15) is 13.2 Å². The number of hydrogen-bond acceptors (Lipinski definition) is 2. The van der Waals surface area contributed by atoms with Crippen LogP contribution in [0.2, 0.25) is 0 Å². The van der Waals surface area contributed by atoms with E-state index >= 15 is 0 Å². The minimum Gasteiger partial charge on any atom is -0.475 e. The SMILES string of the molecule is NC(=O)c1[nH]cc2ccccc12.O=C(O)C(F)(F)F. The molecule has 2 rings (SSSR count). The predicted octanol–water partition coefficient (Wildman–Crippen LogP) is 1.90. The summed E-state index contributed by atoms with van der Waals surface area (Å²) in [5.41, 5.74) is 5.63. The second-order valence-electron chi connectivity index (χ2n) is 3.42. The van der Waals surface area contributed by atoms with Crippen molar-refractivity contribution in [1.29, 1.82) is 0 Å². The zero-order valence-corrected chi connectivity index (χ0v) is 9.36. The van der Waals surface area contributed by atoms with E-state index in [0.717, 1.165) is 10.8 Å². The summed E-state index contributed by atoms with van der Waals surface area (Å²) in [7, 11) is 0. The van der Waals surface area contributed by atoms with Crippen LogP contribution in [-0.4, -0.2) is 28.1 Å². The summed E-state index contributed by atoms with van der Waals surface area (Å²) in [6, 6.07) is 7.59. The standard InChI is InChI=1S/C9H8N2O.C2HF3O2/c10-9(12)8-7-4-2-1-3-6(7)5-11-8;3-2(4,5)1(6)7/h1-5,11H,(H2,10,12);(H,6,7). The number of aliphatic carboxylic acids is 1. The summed E-state index contributed by atoms with van der Waals surface area (Å²) in [6.45, 7) is 0. The second kappa shape index (κ2) is 5.42. The minimum atomic E-state index is -5.08. The summed E-state index contributed by atoms with van der Waals surface area (Å²) in [4.78, 5) is 22.6. The maximum absolute atomic E-state index is 10.9. The average molecular weight is 274 g/mol. The molecule has 19 heavy (non-hydrogen) atoms. The van der Waals surface area contributed by atoms with Crippen LogP contribution in [0, 0.1) is 0 Å². The van der Waals surface area contributed by atoms with Crippen LogP contribution in [0.5, 0.6) is 0 Å². The molecule has 1 heterocycles. The topological polar surface area (TPSA) is 96.2 Å². The summed E-state index contributed by atoms with van der Waals surface area (Å²) in [5, 5.41) is 9.01. The molecule has 4 N–H and O–H groups in total. The molecule has 0 unspecified atom stereocenters. The maximum atomic E-state index is 10.9. The molecule has 2 aromatic rings. The largest absolute Gasteiger partial charge is 0.490 e. The van der Waals surface area contributed by atoms with Crippen LogP contribution in [0.15, 0.2) is 30.5 Å². The number of nitrogens with two attached hydrogens (primary N) is 1. The van der Waals surface area contributed by atoms with Crippen molar-refractivity contribution in [3.63, 3.8) is 0 Å².